The summed E-state index contributed by atoms with van der Waals surface area (Å²) in [5, 5.41) is 7.52. The molecule has 0 saturated heterocycles. The normalized spacial score (nSPS) is 14.0. The van der Waals surface area contributed by atoms with E-state index in [0.29, 0.717) is 0 Å². The number of aryl methyl sites for hydroxylation is 2. The molecule has 2 aliphatic carbocycles. The third-order valence-corrected chi connectivity index (χ3v) is 16.0. The maximum Gasteiger partial charge on any atom is 0.0159 e. The van der Waals surface area contributed by atoms with Gasteiger partial charge in [0.05, 0.1) is 0 Å². The van der Waals surface area contributed by atoms with E-state index < -0.39 is 0 Å². The third kappa shape index (κ3) is 6.00. The Morgan fingerprint density at radius 1 is 0.250 bits per heavy atom. The summed E-state index contributed by atoms with van der Waals surface area (Å²) in [4.78, 5) is 0. The van der Waals surface area contributed by atoms with E-state index in [4.69, 9.17) is 0 Å². The Morgan fingerprint density at radius 2 is 0.676 bits per heavy atom. The summed E-state index contributed by atoms with van der Waals surface area (Å²) in [6.07, 6.45) is 0. The summed E-state index contributed by atoms with van der Waals surface area (Å²) in [7, 11) is 0. The third-order valence-electron chi connectivity index (χ3n) is 16.0. The lowest BCUT2D eigenvalue weighted by atomic mass is 9.78. The molecule has 11 aromatic rings. The second-order valence-electron chi connectivity index (χ2n) is 20.5. The molecule has 0 nitrogen and oxygen atoms in total. The highest BCUT2D eigenvalue weighted by Crippen LogP contribution is 2.55. The van der Waals surface area contributed by atoms with Crippen molar-refractivity contribution in [3.05, 3.63) is 240 Å². The quantitative estimate of drug-likeness (QED) is 0.151. The molecular formula is C68H52. The zero-order valence-electron chi connectivity index (χ0n) is 39.6. The zero-order valence-corrected chi connectivity index (χ0v) is 39.6. The highest BCUT2D eigenvalue weighted by molar-refractivity contribution is 6.23. The SMILES string of the molecule is Cc1ccc(-c2ccc3c(c2)c(-c2ccc4c(c2)C(C)(C)c2ccccc2-4)c(-c2ccc4c(c2)C(C)(C)c2ccccc2-4)c2cc(-c4cc5ccccc5cc4-c4ccccc4)ccc23)cc1C. The van der Waals surface area contributed by atoms with Crippen molar-refractivity contribution in [3.8, 4) is 77.9 Å². The van der Waals surface area contributed by atoms with Crippen molar-refractivity contribution < 1.29 is 0 Å². The monoisotopic (exact) mass is 868 g/mol. The van der Waals surface area contributed by atoms with Crippen LogP contribution in [0.25, 0.3) is 110 Å². The summed E-state index contributed by atoms with van der Waals surface area (Å²) in [5.41, 5.74) is 25.6. The van der Waals surface area contributed by atoms with Crippen molar-refractivity contribution in [1.82, 2.24) is 0 Å². The standard InChI is InChI=1S/C68H52/c1-41-24-25-46(34-42(41)2)47-26-30-51-52-31-27-48(58-36-45-19-11-10-18-44(45)35-57(58)43-16-8-7-9-17-43)38-60(52)66(50-29-33-56-54-21-13-15-23-62(54)68(5,6)64(56)40-50)65(59(51)37-47)49-28-32-55-53-20-12-14-22-61(53)67(3,4)63(55)39-49/h7-40H,1-6H3. The first-order valence-corrected chi connectivity index (χ1v) is 24.2. The van der Waals surface area contributed by atoms with Crippen LogP contribution in [0.1, 0.15) is 61.1 Å². The molecule has 0 saturated carbocycles. The van der Waals surface area contributed by atoms with Gasteiger partial charge >= 0.3 is 0 Å². The van der Waals surface area contributed by atoms with E-state index in [1.165, 1.54) is 144 Å². The second kappa shape index (κ2) is 14.9. The van der Waals surface area contributed by atoms with Gasteiger partial charge in [0.2, 0.25) is 0 Å². The van der Waals surface area contributed by atoms with Crippen LogP contribution in [0, 0.1) is 13.8 Å². The van der Waals surface area contributed by atoms with Gasteiger partial charge in [-0.05, 0) is 194 Å². The van der Waals surface area contributed by atoms with Gasteiger partial charge in [0, 0.05) is 10.8 Å². The van der Waals surface area contributed by atoms with E-state index in [1.807, 2.05) is 0 Å². The number of rotatable bonds is 5. The minimum atomic E-state index is -0.157. The van der Waals surface area contributed by atoms with Crippen LogP contribution in [0.4, 0.5) is 0 Å². The van der Waals surface area contributed by atoms with Crippen molar-refractivity contribution in [2.45, 2.75) is 52.4 Å². The van der Waals surface area contributed by atoms with E-state index >= 15 is 0 Å². The van der Waals surface area contributed by atoms with Crippen LogP contribution in [-0.2, 0) is 10.8 Å². The van der Waals surface area contributed by atoms with Crippen LogP contribution < -0.4 is 0 Å². The van der Waals surface area contributed by atoms with Gasteiger partial charge in [-0.3, -0.25) is 0 Å². The summed E-state index contributed by atoms with van der Waals surface area (Å²) in [6.45, 7) is 14.0. The number of hydrogen-bond acceptors (Lipinski definition) is 0. The minimum Gasteiger partial charge on any atom is -0.0622 e. The first-order chi connectivity index (χ1) is 33.0. The lowest BCUT2D eigenvalue weighted by Gasteiger charge is -2.25. The van der Waals surface area contributed by atoms with Gasteiger partial charge in [0.1, 0.15) is 0 Å². The molecule has 324 valence electrons. The van der Waals surface area contributed by atoms with Crippen LogP contribution in [-0.4, -0.2) is 0 Å². The molecule has 0 heteroatoms. The fraction of sp³-hybridized carbons (Fsp3) is 0.118. The molecule has 13 rings (SSSR count). The van der Waals surface area contributed by atoms with Crippen molar-refractivity contribution >= 4 is 32.3 Å². The van der Waals surface area contributed by atoms with Gasteiger partial charge in [-0.15, -0.1) is 0 Å². The van der Waals surface area contributed by atoms with Gasteiger partial charge in [0.25, 0.3) is 0 Å². The van der Waals surface area contributed by atoms with Crippen molar-refractivity contribution in [3.63, 3.8) is 0 Å². The van der Waals surface area contributed by atoms with Gasteiger partial charge in [-0.2, -0.15) is 0 Å². The highest BCUT2D eigenvalue weighted by Gasteiger charge is 2.37. The minimum absolute atomic E-state index is 0.153. The molecule has 0 N–H and O–H groups in total. The van der Waals surface area contributed by atoms with Crippen molar-refractivity contribution in [2.75, 3.05) is 0 Å². The molecule has 68 heavy (non-hydrogen) atoms. The lowest BCUT2D eigenvalue weighted by molar-refractivity contribution is 0.660. The van der Waals surface area contributed by atoms with E-state index in [9.17, 15) is 0 Å². The average molecular weight is 869 g/mol. The molecule has 0 aliphatic heterocycles. The molecule has 11 aromatic carbocycles. The Balaban J connectivity index is 1.17. The van der Waals surface area contributed by atoms with E-state index in [0.717, 1.165) is 0 Å². The Kier molecular flexibility index (Phi) is 8.84. The van der Waals surface area contributed by atoms with Gasteiger partial charge in [0.15, 0.2) is 0 Å². The highest BCUT2D eigenvalue weighted by atomic mass is 14.4. The number of benzene rings is 11. The lowest BCUT2D eigenvalue weighted by Crippen LogP contribution is -2.15. The zero-order chi connectivity index (χ0) is 46.1. The van der Waals surface area contributed by atoms with E-state index in [-0.39, 0.29) is 10.8 Å². The van der Waals surface area contributed by atoms with Gasteiger partial charge in [-0.1, -0.05) is 198 Å². The Bertz CT molecular complexity index is 3910. The molecule has 0 amide bonds. The molecule has 0 atom stereocenters. The molecular weight excluding hydrogens is 817 g/mol. The predicted molar refractivity (Wildman–Crippen MR) is 291 cm³/mol. The van der Waals surface area contributed by atoms with E-state index in [1.54, 1.807) is 0 Å². The Morgan fingerprint density at radius 3 is 1.24 bits per heavy atom. The molecule has 0 bridgehead atoms. The molecule has 2 aliphatic rings. The number of fused-ring (bicyclic) bond motifs is 10. The van der Waals surface area contributed by atoms with E-state index in [2.05, 4.69) is 248 Å². The smallest absolute Gasteiger partial charge is 0.0159 e. The first-order valence-electron chi connectivity index (χ1n) is 24.2. The van der Waals surface area contributed by atoms with Gasteiger partial charge < -0.3 is 0 Å². The molecule has 0 fully saturated rings. The van der Waals surface area contributed by atoms with Crippen LogP contribution in [0.5, 0.6) is 0 Å². The maximum atomic E-state index is 2.54. The molecule has 0 aromatic heterocycles. The summed E-state index contributed by atoms with van der Waals surface area (Å²) >= 11 is 0. The largest absolute Gasteiger partial charge is 0.0622 e. The van der Waals surface area contributed by atoms with Crippen LogP contribution >= 0.6 is 0 Å². The first kappa shape index (κ1) is 40.5. The van der Waals surface area contributed by atoms with Crippen LogP contribution in [0.2, 0.25) is 0 Å². The predicted octanol–water partition coefficient (Wildman–Crippen LogP) is 18.7. The Hall–Kier alpha value is -7.80. The van der Waals surface area contributed by atoms with Crippen LogP contribution in [0.15, 0.2) is 206 Å². The summed E-state index contributed by atoms with van der Waals surface area (Å²) < 4.78 is 0. The second-order valence-corrected chi connectivity index (χ2v) is 20.5. The average Bonchev–Trinajstić information content (AvgIpc) is 3.74. The molecule has 0 spiro atoms. The maximum absolute atomic E-state index is 2.54. The van der Waals surface area contributed by atoms with Crippen molar-refractivity contribution in [2.24, 2.45) is 0 Å². The summed E-state index contributed by atoms with van der Waals surface area (Å²) in [5.74, 6) is 0. The van der Waals surface area contributed by atoms with Crippen LogP contribution in [0.3, 0.4) is 0 Å². The molecule has 0 unspecified atom stereocenters. The summed E-state index contributed by atoms with van der Waals surface area (Å²) in [6, 6.07) is 78.7. The molecule has 0 heterocycles. The topological polar surface area (TPSA) is 0 Å². The number of hydrogen-bond donors (Lipinski definition) is 0. The fourth-order valence-corrected chi connectivity index (χ4v) is 12.2. The Labute approximate surface area is 400 Å². The fourth-order valence-electron chi connectivity index (χ4n) is 12.2. The van der Waals surface area contributed by atoms with Gasteiger partial charge in [-0.25, -0.2) is 0 Å². The van der Waals surface area contributed by atoms with Crippen molar-refractivity contribution in [1.29, 1.82) is 0 Å². The molecule has 0 radical (unpaired) electrons.